The average molecular weight is 538 g/mol. The lowest BCUT2D eigenvalue weighted by atomic mass is 10.0. The Morgan fingerprint density at radius 3 is 2.63 bits per heavy atom. The van der Waals surface area contributed by atoms with Crippen LogP contribution in [0.5, 0.6) is 0 Å². The van der Waals surface area contributed by atoms with Crippen LogP contribution in [-0.2, 0) is 13.1 Å². The summed E-state index contributed by atoms with van der Waals surface area (Å²) in [5.74, 6) is -0.424. The van der Waals surface area contributed by atoms with Gasteiger partial charge in [-0.15, -0.1) is 0 Å². The van der Waals surface area contributed by atoms with Crippen LogP contribution in [0.3, 0.4) is 0 Å². The Kier molecular flexibility index (Phi) is 6.98. The molecule has 0 bridgehead atoms. The molecule has 0 unspecified atom stereocenters. The van der Waals surface area contributed by atoms with Crippen LogP contribution in [0.4, 0.5) is 4.39 Å². The van der Waals surface area contributed by atoms with Crippen LogP contribution in [0.25, 0.3) is 11.0 Å². The van der Waals surface area contributed by atoms with E-state index in [1.54, 1.807) is 10.6 Å². The van der Waals surface area contributed by atoms with Crippen molar-refractivity contribution in [1.29, 1.82) is 0 Å². The molecule has 1 saturated heterocycles. The first kappa shape index (κ1) is 21.6. The number of likely N-dealkylation sites (tertiary alicyclic amines) is 1. The molecular weight excluding hydrogens is 515 g/mol. The molecule has 0 saturated carbocycles. The highest BCUT2D eigenvalue weighted by Gasteiger charge is 2.19. The summed E-state index contributed by atoms with van der Waals surface area (Å²) >= 11 is 7.05. The maximum Gasteiger partial charge on any atom is 0.251 e. The highest BCUT2D eigenvalue weighted by atomic mass is 79.9. The number of nitrogens with zero attached hydrogens (tertiary/aromatic N) is 3. The fourth-order valence-electron chi connectivity index (χ4n) is 3.89. The maximum atomic E-state index is 13.6. The Morgan fingerprint density at radius 2 is 1.87 bits per heavy atom. The molecular formula is C22H23Br2FN4O. The molecule has 1 aromatic carbocycles. The molecule has 4 rings (SSSR count). The molecule has 158 valence electrons. The van der Waals surface area contributed by atoms with E-state index in [0.29, 0.717) is 23.6 Å². The summed E-state index contributed by atoms with van der Waals surface area (Å²) in [7, 11) is 0. The topological polar surface area (TPSA) is 50.2 Å². The maximum absolute atomic E-state index is 13.6. The summed E-state index contributed by atoms with van der Waals surface area (Å²) in [5.41, 5.74) is 2.33. The predicted octanol–water partition coefficient (Wildman–Crippen LogP) is 4.31. The number of hydrogen-bond acceptors (Lipinski definition) is 4. The number of pyridine rings is 2. The summed E-state index contributed by atoms with van der Waals surface area (Å²) in [6, 6.07) is 11.3. The molecule has 1 aliphatic rings. The van der Waals surface area contributed by atoms with Crippen molar-refractivity contribution in [3.05, 3.63) is 73.3 Å². The Balaban J connectivity index is 1.30. The Hall–Kier alpha value is -1.61. The van der Waals surface area contributed by atoms with Gasteiger partial charge in [0.2, 0.25) is 0 Å². The van der Waals surface area contributed by atoms with Gasteiger partial charge >= 0.3 is 0 Å². The molecule has 0 aliphatic carbocycles. The van der Waals surface area contributed by atoms with Crippen molar-refractivity contribution in [2.75, 3.05) is 19.6 Å². The molecule has 2 aromatic heterocycles. The molecule has 3 aromatic rings. The van der Waals surface area contributed by atoms with Gasteiger partial charge in [-0.3, -0.25) is 9.78 Å². The zero-order valence-corrected chi connectivity index (χ0v) is 19.6. The summed E-state index contributed by atoms with van der Waals surface area (Å²) in [6.07, 6.45) is 3.32. The minimum absolute atomic E-state index is 0.118. The predicted molar refractivity (Wildman–Crippen MR) is 124 cm³/mol. The van der Waals surface area contributed by atoms with Crippen LogP contribution in [-0.4, -0.2) is 40.1 Å². The molecule has 3 heterocycles. The fraction of sp³-hybridized carbons (Fsp3) is 0.364. The van der Waals surface area contributed by atoms with Crippen molar-refractivity contribution in [2.24, 2.45) is 0 Å². The SMILES string of the molecule is O=c1ccc2ncc(F)cc2n1CCN1CCC(NCc2ccc(Br)c(Br)c2)CC1. The molecule has 1 N–H and O–H groups in total. The van der Waals surface area contributed by atoms with E-state index in [-0.39, 0.29) is 5.56 Å². The summed E-state index contributed by atoms with van der Waals surface area (Å²) in [6.45, 7) is 4.11. The highest BCUT2D eigenvalue weighted by Crippen LogP contribution is 2.24. The minimum atomic E-state index is -0.424. The highest BCUT2D eigenvalue weighted by molar-refractivity contribution is 9.13. The number of aromatic nitrogens is 2. The van der Waals surface area contributed by atoms with Crippen LogP contribution in [0.15, 0.2) is 56.3 Å². The molecule has 0 amide bonds. The van der Waals surface area contributed by atoms with Gasteiger partial charge < -0.3 is 14.8 Å². The van der Waals surface area contributed by atoms with Crippen LogP contribution in [0.2, 0.25) is 0 Å². The first-order chi connectivity index (χ1) is 14.5. The summed E-state index contributed by atoms with van der Waals surface area (Å²) in [5, 5.41) is 3.65. The molecule has 5 nitrogen and oxygen atoms in total. The van der Waals surface area contributed by atoms with E-state index in [9.17, 15) is 9.18 Å². The molecule has 0 radical (unpaired) electrons. The average Bonchev–Trinajstić information content (AvgIpc) is 2.74. The van der Waals surface area contributed by atoms with Gasteiger partial charge in [0.25, 0.3) is 5.56 Å². The van der Waals surface area contributed by atoms with Gasteiger partial charge in [-0.2, -0.15) is 0 Å². The second-order valence-corrected chi connectivity index (χ2v) is 9.34. The Labute approximate surface area is 191 Å². The quantitative estimate of drug-likeness (QED) is 0.509. The molecule has 1 aliphatic heterocycles. The molecule has 1 fully saturated rings. The molecule has 30 heavy (non-hydrogen) atoms. The standard InChI is InChI=1S/C22H23Br2FN4O/c23-18-2-1-15(11-19(18)24)13-26-17-5-7-28(8-6-17)9-10-29-21-12-16(25)14-27-20(21)3-4-22(29)30/h1-4,11-12,14,17,26H,5-10,13H2. The fourth-order valence-corrected chi connectivity index (χ4v) is 4.56. The van der Waals surface area contributed by atoms with Crippen LogP contribution < -0.4 is 10.9 Å². The van der Waals surface area contributed by atoms with Gasteiger partial charge in [-0.05, 0) is 81.6 Å². The second-order valence-electron chi connectivity index (χ2n) is 7.63. The zero-order chi connectivity index (χ0) is 21.1. The summed E-state index contributed by atoms with van der Waals surface area (Å²) in [4.78, 5) is 18.8. The van der Waals surface area contributed by atoms with E-state index in [4.69, 9.17) is 0 Å². The largest absolute Gasteiger partial charge is 0.310 e. The van der Waals surface area contributed by atoms with Crippen LogP contribution >= 0.6 is 31.9 Å². The van der Waals surface area contributed by atoms with E-state index < -0.39 is 5.82 Å². The van der Waals surface area contributed by atoms with E-state index in [2.05, 4.69) is 65.3 Å². The number of nitrogens with one attached hydrogen (secondary N) is 1. The lowest BCUT2D eigenvalue weighted by Crippen LogP contribution is -2.43. The third-order valence-electron chi connectivity index (χ3n) is 5.61. The number of fused-ring (bicyclic) bond motifs is 1. The van der Waals surface area contributed by atoms with Crippen molar-refractivity contribution in [2.45, 2.75) is 32.0 Å². The van der Waals surface area contributed by atoms with E-state index in [1.165, 1.54) is 23.9 Å². The van der Waals surface area contributed by atoms with Crippen molar-refractivity contribution in [3.63, 3.8) is 0 Å². The smallest absolute Gasteiger partial charge is 0.251 e. The third-order valence-corrected chi connectivity index (χ3v) is 7.49. The van der Waals surface area contributed by atoms with Crippen LogP contribution in [0.1, 0.15) is 18.4 Å². The number of hydrogen-bond donors (Lipinski definition) is 1. The number of halogens is 3. The lowest BCUT2D eigenvalue weighted by molar-refractivity contribution is 0.191. The first-order valence-corrected chi connectivity index (χ1v) is 11.6. The van der Waals surface area contributed by atoms with Crippen molar-refractivity contribution in [3.8, 4) is 0 Å². The number of benzene rings is 1. The Morgan fingerprint density at radius 1 is 1.07 bits per heavy atom. The van der Waals surface area contributed by atoms with Gasteiger partial charge in [0.15, 0.2) is 0 Å². The normalized spacial score (nSPS) is 15.7. The minimum Gasteiger partial charge on any atom is -0.310 e. The van der Waals surface area contributed by atoms with Gasteiger partial charge in [0.05, 0.1) is 17.2 Å². The van der Waals surface area contributed by atoms with Gasteiger partial charge in [0.1, 0.15) is 5.82 Å². The van der Waals surface area contributed by atoms with Gasteiger partial charge in [-0.25, -0.2) is 4.39 Å². The molecule has 8 heteroatoms. The third kappa shape index (κ3) is 5.17. The second kappa shape index (κ2) is 9.68. The van der Waals surface area contributed by atoms with E-state index in [0.717, 1.165) is 48.0 Å². The molecule has 0 atom stereocenters. The Bertz CT molecular complexity index is 1100. The zero-order valence-electron chi connectivity index (χ0n) is 16.5. The van der Waals surface area contributed by atoms with Crippen molar-refractivity contribution < 1.29 is 4.39 Å². The first-order valence-electron chi connectivity index (χ1n) is 10.0. The monoisotopic (exact) mass is 536 g/mol. The number of piperidine rings is 1. The van der Waals surface area contributed by atoms with Gasteiger partial charge in [0, 0.05) is 46.8 Å². The molecule has 0 spiro atoms. The van der Waals surface area contributed by atoms with Crippen molar-refractivity contribution in [1.82, 2.24) is 19.8 Å². The van der Waals surface area contributed by atoms with Crippen LogP contribution in [0, 0.1) is 5.82 Å². The van der Waals surface area contributed by atoms with E-state index in [1.807, 2.05) is 0 Å². The lowest BCUT2D eigenvalue weighted by Gasteiger charge is -2.32. The number of rotatable bonds is 6. The van der Waals surface area contributed by atoms with Crippen molar-refractivity contribution >= 4 is 42.9 Å². The van der Waals surface area contributed by atoms with Gasteiger partial charge in [-0.1, -0.05) is 6.07 Å². The summed E-state index contributed by atoms with van der Waals surface area (Å²) < 4.78 is 17.4. The van der Waals surface area contributed by atoms with E-state index >= 15 is 0 Å².